The van der Waals surface area contributed by atoms with Crippen LogP contribution in [-0.4, -0.2) is 10.5 Å². The van der Waals surface area contributed by atoms with Gasteiger partial charge in [-0.2, -0.15) is 4.99 Å². The Morgan fingerprint density at radius 2 is 2.37 bits per heavy atom. The standard InChI is InChI=1S/C14H13FN2OS/c1-3-5-13(18)16-14-17(8-4-2)11-7-6-10(15)9-12(11)19-14/h2,6-7,9H,3,5,8H2,1H3. The highest BCUT2D eigenvalue weighted by Crippen LogP contribution is 2.18. The summed E-state index contributed by atoms with van der Waals surface area (Å²) in [7, 11) is 0. The molecular weight excluding hydrogens is 263 g/mol. The molecule has 0 saturated heterocycles. The highest BCUT2D eigenvalue weighted by Gasteiger charge is 2.07. The number of carbonyl (C=O) groups excluding carboxylic acids is 1. The van der Waals surface area contributed by atoms with E-state index in [1.807, 2.05) is 6.92 Å². The number of carbonyl (C=O) groups is 1. The third kappa shape index (κ3) is 2.91. The summed E-state index contributed by atoms with van der Waals surface area (Å²) in [5.74, 6) is 2.03. The van der Waals surface area contributed by atoms with Crippen LogP contribution >= 0.6 is 11.3 Å². The van der Waals surface area contributed by atoms with E-state index in [0.717, 1.165) is 16.6 Å². The van der Waals surface area contributed by atoms with Crippen molar-refractivity contribution in [1.82, 2.24) is 4.57 Å². The van der Waals surface area contributed by atoms with Gasteiger partial charge in [-0.05, 0) is 24.6 Å². The zero-order valence-electron chi connectivity index (χ0n) is 10.5. The normalized spacial score (nSPS) is 11.7. The zero-order chi connectivity index (χ0) is 13.8. The summed E-state index contributed by atoms with van der Waals surface area (Å²) in [5, 5.41) is 0. The van der Waals surface area contributed by atoms with Crippen LogP contribution in [0.3, 0.4) is 0 Å². The van der Waals surface area contributed by atoms with E-state index in [1.165, 1.54) is 23.5 Å². The van der Waals surface area contributed by atoms with Gasteiger partial charge in [-0.15, -0.1) is 6.42 Å². The zero-order valence-corrected chi connectivity index (χ0v) is 11.3. The number of nitrogens with zero attached hydrogens (tertiary/aromatic N) is 2. The Morgan fingerprint density at radius 3 is 3.05 bits per heavy atom. The smallest absolute Gasteiger partial charge is 0.248 e. The molecule has 1 aromatic heterocycles. The largest absolute Gasteiger partial charge is 0.305 e. The fraction of sp³-hybridized carbons (Fsp3) is 0.286. The number of amides is 1. The molecule has 0 aliphatic heterocycles. The molecule has 98 valence electrons. The Morgan fingerprint density at radius 1 is 1.58 bits per heavy atom. The van der Waals surface area contributed by atoms with Crippen LogP contribution < -0.4 is 4.80 Å². The molecule has 0 atom stereocenters. The molecule has 3 nitrogen and oxygen atoms in total. The maximum Gasteiger partial charge on any atom is 0.248 e. The first-order valence-corrected chi connectivity index (χ1v) is 6.77. The third-order valence-corrected chi connectivity index (χ3v) is 3.62. The van der Waals surface area contributed by atoms with Crippen molar-refractivity contribution in [3.63, 3.8) is 0 Å². The lowest BCUT2D eigenvalue weighted by atomic mass is 10.3. The SMILES string of the molecule is C#CCn1c(=NC(=O)CCC)sc2cc(F)ccc21. The van der Waals surface area contributed by atoms with Gasteiger partial charge < -0.3 is 4.57 Å². The van der Waals surface area contributed by atoms with Crippen molar-refractivity contribution in [2.75, 3.05) is 0 Å². The van der Waals surface area contributed by atoms with E-state index >= 15 is 0 Å². The van der Waals surface area contributed by atoms with Crippen molar-refractivity contribution in [3.8, 4) is 12.3 Å². The molecule has 0 unspecified atom stereocenters. The summed E-state index contributed by atoms with van der Waals surface area (Å²) < 4.78 is 15.7. The summed E-state index contributed by atoms with van der Waals surface area (Å²) >= 11 is 1.27. The Balaban J connectivity index is 2.63. The molecule has 0 N–H and O–H groups in total. The van der Waals surface area contributed by atoms with Crippen LogP contribution in [-0.2, 0) is 11.3 Å². The lowest BCUT2D eigenvalue weighted by Gasteiger charge is -1.99. The second-order valence-electron chi connectivity index (χ2n) is 4.04. The van der Waals surface area contributed by atoms with Crippen molar-refractivity contribution >= 4 is 27.5 Å². The number of halogens is 1. The quantitative estimate of drug-likeness (QED) is 0.794. The number of aromatic nitrogens is 1. The van der Waals surface area contributed by atoms with Crippen LogP contribution in [0.25, 0.3) is 10.2 Å². The molecule has 1 heterocycles. The van der Waals surface area contributed by atoms with Gasteiger partial charge >= 0.3 is 0 Å². The Kier molecular flexibility index (Phi) is 4.13. The van der Waals surface area contributed by atoms with Gasteiger partial charge in [0.2, 0.25) is 5.91 Å². The average molecular weight is 276 g/mol. The molecule has 1 amide bonds. The molecule has 0 radical (unpaired) electrons. The summed E-state index contributed by atoms with van der Waals surface area (Å²) in [4.78, 5) is 16.2. The lowest BCUT2D eigenvalue weighted by Crippen LogP contribution is -2.16. The second kappa shape index (κ2) is 5.81. The average Bonchev–Trinajstić information content (AvgIpc) is 2.67. The number of benzene rings is 1. The van der Waals surface area contributed by atoms with Gasteiger partial charge in [0.05, 0.1) is 16.8 Å². The summed E-state index contributed by atoms with van der Waals surface area (Å²) in [6.45, 7) is 2.23. The molecule has 1 aromatic carbocycles. The predicted octanol–water partition coefficient (Wildman–Crippen LogP) is 2.70. The van der Waals surface area contributed by atoms with Crippen molar-refractivity contribution in [2.24, 2.45) is 4.99 Å². The van der Waals surface area contributed by atoms with Gasteiger partial charge in [0.1, 0.15) is 5.82 Å². The lowest BCUT2D eigenvalue weighted by molar-refractivity contribution is -0.118. The van der Waals surface area contributed by atoms with E-state index in [-0.39, 0.29) is 11.7 Å². The van der Waals surface area contributed by atoms with Gasteiger partial charge in [0.25, 0.3) is 0 Å². The molecule has 0 spiro atoms. The van der Waals surface area contributed by atoms with E-state index < -0.39 is 0 Å². The van der Waals surface area contributed by atoms with Crippen molar-refractivity contribution in [3.05, 3.63) is 28.8 Å². The minimum atomic E-state index is -0.312. The maximum atomic E-state index is 13.2. The Bertz CT molecular complexity index is 721. The van der Waals surface area contributed by atoms with Crippen LogP contribution in [0, 0.1) is 18.2 Å². The molecule has 19 heavy (non-hydrogen) atoms. The van der Waals surface area contributed by atoms with E-state index in [0.29, 0.717) is 17.8 Å². The van der Waals surface area contributed by atoms with Crippen molar-refractivity contribution < 1.29 is 9.18 Å². The fourth-order valence-electron chi connectivity index (χ4n) is 1.75. The van der Waals surface area contributed by atoms with Crippen LogP contribution in [0.15, 0.2) is 23.2 Å². The molecule has 0 bridgehead atoms. The van der Waals surface area contributed by atoms with Gasteiger partial charge in [0, 0.05) is 6.42 Å². The first-order chi connectivity index (χ1) is 9.15. The molecule has 0 aliphatic carbocycles. The number of rotatable bonds is 3. The molecular formula is C14H13FN2OS. The molecule has 2 aromatic rings. The molecule has 2 rings (SSSR count). The molecule has 0 fully saturated rings. The van der Waals surface area contributed by atoms with E-state index in [4.69, 9.17) is 6.42 Å². The van der Waals surface area contributed by atoms with E-state index in [2.05, 4.69) is 10.9 Å². The van der Waals surface area contributed by atoms with E-state index in [1.54, 1.807) is 10.6 Å². The number of hydrogen-bond donors (Lipinski definition) is 0. The van der Waals surface area contributed by atoms with Crippen molar-refractivity contribution in [2.45, 2.75) is 26.3 Å². The van der Waals surface area contributed by atoms with Crippen LogP contribution in [0.5, 0.6) is 0 Å². The Labute approximate surface area is 114 Å². The second-order valence-corrected chi connectivity index (χ2v) is 5.05. The first-order valence-electron chi connectivity index (χ1n) is 5.95. The number of hydrogen-bond acceptors (Lipinski definition) is 2. The maximum absolute atomic E-state index is 13.2. The van der Waals surface area contributed by atoms with Gasteiger partial charge in [0.15, 0.2) is 4.80 Å². The highest BCUT2D eigenvalue weighted by atomic mass is 32.1. The Hall–Kier alpha value is -1.93. The minimum absolute atomic E-state index is 0.180. The number of fused-ring (bicyclic) bond motifs is 1. The predicted molar refractivity (Wildman–Crippen MR) is 74.1 cm³/mol. The summed E-state index contributed by atoms with van der Waals surface area (Å²) in [6.07, 6.45) is 6.48. The van der Waals surface area contributed by atoms with Crippen LogP contribution in [0.1, 0.15) is 19.8 Å². The topological polar surface area (TPSA) is 34.4 Å². The van der Waals surface area contributed by atoms with Gasteiger partial charge in [-0.1, -0.05) is 24.2 Å². The third-order valence-electron chi connectivity index (χ3n) is 2.58. The first kappa shape index (κ1) is 13.5. The van der Waals surface area contributed by atoms with Crippen molar-refractivity contribution in [1.29, 1.82) is 0 Å². The molecule has 0 aliphatic rings. The van der Waals surface area contributed by atoms with Gasteiger partial charge in [-0.25, -0.2) is 4.39 Å². The number of terminal acetylenes is 1. The summed E-state index contributed by atoms with van der Waals surface area (Å²) in [6, 6.07) is 4.46. The van der Waals surface area contributed by atoms with Crippen LogP contribution in [0.4, 0.5) is 4.39 Å². The molecule has 5 heteroatoms. The fourth-order valence-corrected chi connectivity index (χ4v) is 2.82. The monoisotopic (exact) mass is 276 g/mol. The summed E-state index contributed by atoms with van der Waals surface area (Å²) in [5.41, 5.74) is 0.799. The van der Waals surface area contributed by atoms with Crippen LogP contribution in [0.2, 0.25) is 0 Å². The van der Waals surface area contributed by atoms with Gasteiger partial charge in [-0.3, -0.25) is 4.79 Å². The van der Waals surface area contributed by atoms with E-state index in [9.17, 15) is 9.18 Å². The number of thiazole rings is 1. The molecule has 0 saturated carbocycles. The highest BCUT2D eigenvalue weighted by molar-refractivity contribution is 7.16. The minimum Gasteiger partial charge on any atom is -0.305 e.